The standard InChI is InChI=1S/C17H24N2O/c1-12(2)19(11-13-5-6-13)17(20)15-7-8-16-14(10-15)4-3-9-18-16/h7-8,10,12-13,18H,3-6,9,11H2,1-2H3. The number of hydrogen-bond acceptors (Lipinski definition) is 2. The Morgan fingerprint density at radius 3 is 2.90 bits per heavy atom. The number of carbonyl (C=O) groups is 1. The molecule has 1 N–H and O–H groups in total. The molecule has 0 radical (unpaired) electrons. The molecule has 0 spiro atoms. The van der Waals surface area contributed by atoms with Gasteiger partial charge < -0.3 is 10.2 Å². The minimum absolute atomic E-state index is 0.195. The van der Waals surface area contributed by atoms with Gasteiger partial charge in [-0.05, 0) is 69.2 Å². The molecule has 108 valence electrons. The number of aryl methyl sites for hydroxylation is 1. The first-order valence-corrected chi connectivity index (χ1v) is 7.83. The largest absolute Gasteiger partial charge is 0.385 e. The SMILES string of the molecule is CC(C)N(CC1CC1)C(=O)c1ccc2c(c1)CCCN2. The molecule has 1 aliphatic heterocycles. The van der Waals surface area contributed by atoms with Crippen molar-refractivity contribution in [2.24, 2.45) is 5.92 Å². The molecular weight excluding hydrogens is 248 g/mol. The summed E-state index contributed by atoms with van der Waals surface area (Å²) in [6, 6.07) is 6.41. The predicted octanol–water partition coefficient (Wildman–Crippen LogP) is 3.31. The van der Waals surface area contributed by atoms with Gasteiger partial charge in [-0.25, -0.2) is 0 Å². The maximum Gasteiger partial charge on any atom is 0.254 e. The van der Waals surface area contributed by atoms with Crippen molar-refractivity contribution in [3.8, 4) is 0 Å². The van der Waals surface area contributed by atoms with Crippen molar-refractivity contribution >= 4 is 11.6 Å². The summed E-state index contributed by atoms with van der Waals surface area (Å²) in [7, 11) is 0. The summed E-state index contributed by atoms with van der Waals surface area (Å²) in [5.74, 6) is 0.931. The number of nitrogens with one attached hydrogen (secondary N) is 1. The molecule has 20 heavy (non-hydrogen) atoms. The first-order chi connectivity index (χ1) is 9.65. The maximum absolute atomic E-state index is 12.7. The highest BCUT2D eigenvalue weighted by Gasteiger charge is 2.29. The van der Waals surface area contributed by atoms with E-state index in [2.05, 4.69) is 31.3 Å². The van der Waals surface area contributed by atoms with E-state index in [1.807, 2.05) is 11.0 Å². The molecule has 0 saturated heterocycles. The van der Waals surface area contributed by atoms with Crippen molar-refractivity contribution in [2.45, 2.75) is 45.6 Å². The van der Waals surface area contributed by atoms with E-state index in [0.29, 0.717) is 0 Å². The third kappa shape index (κ3) is 2.82. The third-order valence-electron chi connectivity index (χ3n) is 4.33. The molecule has 1 heterocycles. The molecular formula is C17H24N2O. The van der Waals surface area contributed by atoms with Crippen molar-refractivity contribution in [1.29, 1.82) is 0 Å². The second kappa shape index (κ2) is 5.47. The van der Waals surface area contributed by atoms with E-state index in [-0.39, 0.29) is 11.9 Å². The van der Waals surface area contributed by atoms with Crippen molar-refractivity contribution in [3.05, 3.63) is 29.3 Å². The Morgan fingerprint density at radius 1 is 1.40 bits per heavy atom. The van der Waals surface area contributed by atoms with Crippen molar-refractivity contribution in [1.82, 2.24) is 4.90 Å². The number of benzene rings is 1. The molecule has 1 aromatic carbocycles. The fraction of sp³-hybridized carbons (Fsp3) is 0.588. The molecule has 3 rings (SSSR count). The molecule has 0 aromatic heterocycles. The molecule has 1 aromatic rings. The topological polar surface area (TPSA) is 32.3 Å². The fourth-order valence-corrected chi connectivity index (χ4v) is 2.88. The van der Waals surface area contributed by atoms with Crippen molar-refractivity contribution < 1.29 is 4.79 Å². The van der Waals surface area contributed by atoms with Crippen molar-refractivity contribution in [3.63, 3.8) is 0 Å². The van der Waals surface area contributed by atoms with Gasteiger partial charge in [-0.1, -0.05) is 0 Å². The van der Waals surface area contributed by atoms with Crippen LogP contribution in [0.1, 0.15) is 49.0 Å². The summed E-state index contributed by atoms with van der Waals surface area (Å²) in [5, 5.41) is 3.40. The molecule has 3 heteroatoms. The first-order valence-electron chi connectivity index (χ1n) is 7.83. The molecule has 1 amide bonds. The molecule has 1 fully saturated rings. The summed E-state index contributed by atoms with van der Waals surface area (Å²) >= 11 is 0. The van der Waals surface area contributed by atoms with Crippen LogP contribution in [0.5, 0.6) is 0 Å². The fourth-order valence-electron chi connectivity index (χ4n) is 2.88. The average molecular weight is 272 g/mol. The van der Waals surface area contributed by atoms with Gasteiger partial charge >= 0.3 is 0 Å². The number of hydrogen-bond donors (Lipinski definition) is 1. The number of carbonyl (C=O) groups excluding carboxylic acids is 1. The van der Waals surface area contributed by atoms with Crippen LogP contribution in [0.2, 0.25) is 0 Å². The van der Waals surface area contributed by atoms with Gasteiger partial charge in [0.05, 0.1) is 0 Å². The van der Waals surface area contributed by atoms with Crippen LogP contribution in [0.15, 0.2) is 18.2 Å². The zero-order valence-corrected chi connectivity index (χ0v) is 12.5. The van der Waals surface area contributed by atoms with Gasteiger partial charge in [-0.3, -0.25) is 4.79 Å². The molecule has 1 aliphatic carbocycles. The minimum Gasteiger partial charge on any atom is -0.385 e. The van der Waals surface area contributed by atoms with Crippen LogP contribution in [0.3, 0.4) is 0 Å². The van der Waals surface area contributed by atoms with Crippen LogP contribution in [-0.2, 0) is 6.42 Å². The third-order valence-corrected chi connectivity index (χ3v) is 4.33. The molecule has 1 saturated carbocycles. The van der Waals surface area contributed by atoms with Gasteiger partial charge in [0.2, 0.25) is 0 Å². The van der Waals surface area contributed by atoms with E-state index in [4.69, 9.17) is 0 Å². The van der Waals surface area contributed by atoms with E-state index in [1.165, 1.54) is 24.1 Å². The Morgan fingerprint density at radius 2 is 2.20 bits per heavy atom. The highest BCUT2D eigenvalue weighted by Crippen LogP contribution is 2.31. The van der Waals surface area contributed by atoms with Crippen LogP contribution >= 0.6 is 0 Å². The maximum atomic E-state index is 12.7. The Labute approximate surface area is 121 Å². The molecule has 3 nitrogen and oxygen atoms in total. The summed E-state index contributed by atoms with van der Waals surface area (Å²) in [6.07, 6.45) is 4.80. The van der Waals surface area contributed by atoms with E-state index >= 15 is 0 Å². The second-order valence-corrected chi connectivity index (χ2v) is 6.40. The first kappa shape index (κ1) is 13.5. The number of amides is 1. The Hall–Kier alpha value is -1.51. The molecule has 0 atom stereocenters. The number of fused-ring (bicyclic) bond motifs is 1. The van der Waals surface area contributed by atoms with Crippen LogP contribution < -0.4 is 5.32 Å². The molecule has 2 aliphatic rings. The average Bonchev–Trinajstić information content (AvgIpc) is 3.27. The monoisotopic (exact) mass is 272 g/mol. The van der Waals surface area contributed by atoms with Crippen molar-refractivity contribution in [2.75, 3.05) is 18.4 Å². The smallest absolute Gasteiger partial charge is 0.254 e. The van der Waals surface area contributed by atoms with E-state index in [0.717, 1.165) is 37.4 Å². The van der Waals surface area contributed by atoms with Gasteiger partial charge in [0.1, 0.15) is 0 Å². The quantitative estimate of drug-likeness (QED) is 0.912. The Bertz CT molecular complexity index is 506. The van der Waals surface area contributed by atoms with Crippen LogP contribution in [0, 0.1) is 5.92 Å². The van der Waals surface area contributed by atoms with Gasteiger partial charge in [-0.2, -0.15) is 0 Å². The lowest BCUT2D eigenvalue weighted by molar-refractivity contribution is 0.0696. The van der Waals surface area contributed by atoms with E-state index in [1.54, 1.807) is 0 Å². The summed E-state index contributed by atoms with van der Waals surface area (Å²) < 4.78 is 0. The molecule has 0 unspecified atom stereocenters. The lowest BCUT2D eigenvalue weighted by Gasteiger charge is -2.27. The van der Waals surface area contributed by atoms with Gasteiger partial charge in [0, 0.05) is 30.4 Å². The number of nitrogens with zero attached hydrogens (tertiary/aromatic N) is 1. The second-order valence-electron chi connectivity index (χ2n) is 6.40. The minimum atomic E-state index is 0.195. The zero-order chi connectivity index (χ0) is 14.1. The van der Waals surface area contributed by atoms with Gasteiger partial charge in [0.25, 0.3) is 5.91 Å². The highest BCUT2D eigenvalue weighted by molar-refractivity contribution is 5.95. The summed E-state index contributed by atoms with van der Waals surface area (Å²) in [6.45, 7) is 6.19. The van der Waals surface area contributed by atoms with Crippen LogP contribution in [0.25, 0.3) is 0 Å². The summed E-state index contributed by atoms with van der Waals surface area (Å²) in [5.41, 5.74) is 3.34. The normalized spacial score (nSPS) is 17.6. The summed E-state index contributed by atoms with van der Waals surface area (Å²) in [4.78, 5) is 14.8. The lowest BCUT2D eigenvalue weighted by Crippen LogP contribution is -2.38. The van der Waals surface area contributed by atoms with E-state index < -0.39 is 0 Å². The predicted molar refractivity (Wildman–Crippen MR) is 82.1 cm³/mol. The van der Waals surface area contributed by atoms with Crippen LogP contribution in [-0.4, -0.2) is 29.9 Å². The van der Waals surface area contributed by atoms with Gasteiger partial charge in [-0.15, -0.1) is 0 Å². The Balaban J connectivity index is 1.80. The van der Waals surface area contributed by atoms with Gasteiger partial charge in [0.15, 0.2) is 0 Å². The number of rotatable bonds is 4. The number of anilines is 1. The van der Waals surface area contributed by atoms with Crippen LogP contribution in [0.4, 0.5) is 5.69 Å². The lowest BCUT2D eigenvalue weighted by atomic mass is 10.00. The zero-order valence-electron chi connectivity index (χ0n) is 12.5. The van der Waals surface area contributed by atoms with E-state index in [9.17, 15) is 4.79 Å². The Kier molecular flexibility index (Phi) is 3.68. The molecule has 0 bridgehead atoms. The highest BCUT2D eigenvalue weighted by atomic mass is 16.2.